The molecule has 2 amide bonds. The van der Waals surface area contributed by atoms with Crippen LogP contribution in [0, 0.1) is 0 Å². The molecule has 10 N–H and O–H groups in total. The highest BCUT2D eigenvalue weighted by Crippen LogP contribution is 2.35. The number of rotatable bonds is 16. The summed E-state index contributed by atoms with van der Waals surface area (Å²) in [4.78, 5) is 47.1. The van der Waals surface area contributed by atoms with Gasteiger partial charge in [-0.2, -0.15) is 0 Å². The van der Waals surface area contributed by atoms with Crippen molar-refractivity contribution in [1.29, 1.82) is 0 Å². The van der Waals surface area contributed by atoms with Gasteiger partial charge < -0.3 is 65.7 Å². The van der Waals surface area contributed by atoms with Crippen LogP contribution in [0.25, 0.3) is 0 Å². The average Bonchev–Trinajstić information content (AvgIpc) is 2.85. The van der Waals surface area contributed by atoms with Crippen molar-refractivity contribution in [2.75, 3.05) is 19.8 Å². The van der Waals surface area contributed by atoms with Crippen LogP contribution in [0.15, 0.2) is 0 Å². The smallest absolute Gasteiger partial charge is 0.364 e. The number of carboxylic acid groups (broad SMARTS) is 2. The first kappa shape index (κ1) is 35.5. The zero-order valence-electron chi connectivity index (χ0n) is 22.6. The van der Waals surface area contributed by atoms with Crippen molar-refractivity contribution >= 4 is 23.8 Å². The van der Waals surface area contributed by atoms with Crippen LogP contribution >= 0.6 is 0 Å². The second kappa shape index (κ2) is 14.9. The maximum Gasteiger partial charge on any atom is 0.364 e. The minimum atomic E-state index is -2.80. The van der Waals surface area contributed by atoms with Crippen molar-refractivity contribution in [3.8, 4) is 0 Å². The number of carbonyl (C=O) groups is 4. The predicted octanol–water partition coefficient (Wildman–Crippen LogP) is -4.35. The molecule has 232 valence electrons. The van der Waals surface area contributed by atoms with Gasteiger partial charge in [0.25, 0.3) is 5.79 Å². The van der Waals surface area contributed by atoms with E-state index in [1.54, 1.807) is 0 Å². The van der Waals surface area contributed by atoms with Gasteiger partial charge in [-0.25, -0.2) is 9.59 Å². The molecule has 1 heterocycles. The van der Waals surface area contributed by atoms with E-state index in [0.717, 1.165) is 13.8 Å². The Labute approximate surface area is 229 Å². The Morgan fingerprint density at radius 3 is 2.10 bits per heavy atom. The monoisotopic (exact) mass is 584 g/mol. The molecule has 40 heavy (non-hydrogen) atoms. The summed E-state index contributed by atoms with van der Waals surface area (Å²) in [6.45, 7) is 2.10. The van der Waals surface area contributed by atoms with E-state index in [-0.39, 0.29) is 0 Å². The van der Waals surface area contributed by atoms with Crippen molar-refractivity contribution in [1.82, 2.24) is 10.6 Å². The first-order chi connectivity index (χ1) is 18.4. The zero-order valence-corrected chi connectivity index (χ0v) is 22.6. The van der Waals surface area contributed by atoms with E-state index in [0.29, 0.717) is 0 Å². The Hall–Kier alpha value is -2.48. The number of hydrogen-bond acceptors (Lipinski definition) is 13. The van der Waals surface area contributed by atoms with Crippen LogP contribution in [0.2, 0.25) is 0 Å². The van der Waals surface area contributed by atoms with Crippen LogP contribution in [0.5, 0.6) is 0 Å². The Balaban J connectivity index is 3.21. The molecular weight excluding hydrogens is 544 g/mol. The summed E-state index contributed by atoms with van der Waals surface area (Å²) >= 11 is 0. The lowest BCUT2D eigenvalue weighted by molar-refractivity contribution is -0.328. The molecule has 1 aliphatic heterocycles. The van der Waals surface area contributed by atoms with E-state index in [2.05, 4.69) is 10.6 Å². The van der Waals surface area contributed by atoms with Crippen LogP contribution < -0.4 is 10.6 Å². The molecule has 0 bridgehead atoms. The molecule has 4 unspecified atom stereocenters. The lowest BCUT2D eigenvalue weighted by Gasteiger charge is -2.47. The quantitative estimate of drug-likeness (QED) is 0.0820. The van der Waals surface area contributed by atoms with E-state index in [1.807, 2.05) is 0 Å². The fourth-order valence-electron chi connectivity index (χ4n) is 4.12. The van der Waals surface area contributed by atoms with Gasteiger partial charge in [-0.3, -0.25) is 9.59 Å². The van der Waals surface area contributed by atoms with Gasteiger partial charge in [0, 0.05) is 26.7 Å². The molecule has 1 fully saturated rings. The van der Waals surface area contributed by atoms with E-state index in [1.165, 1.54) is 13.8 Å². The lowest BCUT2D eigenvalue weighted by atomic mass is 9.88. The van der Waals surface area contributed by atoms with Crippen molar-refractivity contribution in [3.63, 3.8) is 0 Å². The summed E-state index contributed by atoms with van der Waals surface area (Å²) in [5.74, 6) is -7.35. The van der Waals surface area contributed by atoms with Gasteiger partial charge in [0.1, 0.15) is 24.4 Å². The highest BCUT2D eigenvalue weighted by molar-refractivity contribution is 5.77. The maximum absolute atomic E-state index is 12.3. The van der Waals surface area contributed by atoms with Gasteiger partial charge in [-0.15, -0.1) is 0 Å². The fraction of sp³-hybridized carbons (Fsp3) is 0.826. The number of carboxylic acids is 2. The Morgan fingerprint density at radius 2 is 1.65 bits per heavy atom. The van der Waals surface area contributed by atoms with Crippen LogP contribution in [-0.2, 0) is 33.4 Å². The minimum Gasteiger partial charge on any atom is -0.479 e. The van der Waals surface area contributed by atoms with Crippen molar-refractivity contribution in [2.45, 2.75) is 101 Å². The molecule has 10 atom stereocenters. The first-order valence-electron chi connectivity index (χ1n) is 12.4. The maximum atomic E-state index is 12.3. The van der Waals surface area contributed by atoms with Crippen LogP contribution in [-0.4, -0.2) is 145 Å². The fourth-order valence-corrected chi connectivity index (χ4v) is 4.12. The molecule has 1 rings (SSSR count). The zero-order chi connectivity index (χ0) is 31.0. The molecule has 1 saturated heterocycles. The standard InChI is InChI=1S/C23H40N2O15/c1-10(24-11(2)28)14(30)5-22(4,20(34)35)38-9-13(7-26)39-23(21(36)37)6-15(31)17(25-12(3)29)19(40-23)18(33)16(32)8-27/h10,13-19,26-27,30-33H,5-9H2,1-4H3,(H,24,28)(H,25,29)(H,34,35)(H,36,37)/t10-,13+,14?,15?,16+,17?,18+,19-,22?,23+/m0/s1. The number of aliphatic hydroxyl groups is 6. The summed E-state index contributed by atoms with van der Waals surface area (Å²) in [7, 11) is 0. The summed E-state index contributed by atoms with van der Waals surface area (Å²) in [6, 6.07) is -2.30. The Kier molecular flexibility index (Phi) is 13.3. The van der Waals surface area contributed by atoms with E-state index in [9.17, 15) is 60.0 Å². The number of ether oxygens (including phenoxy) is 3. The van der Waals surface area contributed by atoms with Crippen LogP contribution in [0.4, 0.5) is 0 Å². The van der Waals surface area contributed by atoms with Crippen molar-refractivity contribution in [3.05, 3.63) is 0 Å². The molecule has 17 heteroatoms. The molecule has 0 spiro atoms. The summed E-state index contributed by atoms with van der Waals surface area (Å²) < 4.78 is 16.3. The van der Waals surface area contributed by atoms with Crippen LogP contribution in [0.1, 0.15) is 40.5 Å². The molecule has 1 aliphatic rings. The first-order valence-corrected chi connectivity index (χ1v) is 12.4. The minimum absolute atomic E-state index is 0.470. The lowest BCUT2D eigenvalue weighted by Crippen LogP contribution is -2.68. The number of amides is 2. The average molecular weight is 585 g/mol. The molecule has 0 radical (unpaired) electrons. The normalized spacial score (nSPS) is 28.3. The second-order valence-corrected chi connectivity index (χ2v) is 9.91. The van der Waals surface area contributed by atoms with Gasteiger partial charge in [0.05, 0.1) is 44.1 Å². The SMILES string of the molecule is CC(=O)NC1C(O)C[C@](O[C@H](CO)COC(C)(CC(O)[C@H](C)NC(C)=O)C(=O)O)(C(=O)O)O[C@@H]1[C@H](O)[C@H](O)CO. The van der Waals surface area contributed by atoms with Crippen molar-refractivity contribution in [2.24, 2.45) is 0 Å². The number of aliphatic hydroxyl groups excluding tert-OH is 6. The predicted molar refractivity (Wildman–Crippen MR) is 130 cm³/mol. The van der Waals surface area contributed by atoms with Gasteiger partial charge in [-0.1, -0.05) is 0 Å². The molecule has 0 aromatic rings. The third-order valence-corrected chi connectivity index (χ3v) is 6.39. The third-order valence-electron chi connectivity index (χ3n) is 6.39. The highest BCUT2D eigenvalue weighted by Gasteiger charge is 2.56. The highest BCUT2D eigenvalue weighted by atomic mass is 16.7. The topological polar surface area (TPSA) is 282 Å². The summed E-state index contributed by atoms with van der Waals surface area (Å²) in [6.07, 6.45) is -11.9. The Bertz CT molecular complexity index is 890. The summed E-state index contributed by atoms with van der Waals surface area (Å²) in [5.41, 5.74) is -2.10. The van der Waals surface area contributed by atoms with Gasteiger partial charge >= 0.3 is 11.9 Å². The largest absolute Gasteiger partial charge is 0.479 e. The van der Waals surface area contributed by atoms with Gasteiger partial charge in [0.15, 0.2) is 5.60 Å². The number of nitrogens with one attached hydrogen (secondary N) is 2. The van der Waals surface area contributed by atoms with Crippen LogP contribution in [0.3, 0.4) is 0 Å². The van der Waals surface area contributed by atoms with E-state index in [4.69, 9.17) is 14.2 Å². The van der Waals surface area contributed by atoms with Gasteiger partial charge in [-0.05, 0) is 13.8 Å². The molecule has 0 saturated carbocycles. The van der Waals surface area contributed by atoms with E-state index < -0.39 is 117 Å². The summed E-state index contributed by atoms with van der Waals surface area (Å²) in [5, 5.41) is 84.9. The van der Waals surface area contributed by atoms with E-state index >= 15 is 0 Å². The third kappa shape index (κ3) is 9.28. The molecule has 0 aliphatic carbocycles. The van der Waals surface area contributed by atoms with Crippen molar-refractivity contribution < 1.29 is 74.2 Å². The molecule has 0 aromatic carbocycles. The molecular formula is C23H40N2O15. The van der Waals surface area contributed by atoms with Gasteiger partial charge in [0.2, 0.25) is 11.8 Å². The Morgan fingerprint density at radius 1 is 1.05 bits per heavy atom. The number of aliphatic carboxylic acids is 2. The molecule has 17 nitrogen and oxygen atoms in total. The molecule has 0 aromatic heterocycles. The number of hydrogen-bond donors (Lipinski definition) is 10. The second-order valence-electron chi connectivity index (χ2n) is 9.91. The number of carbonyl (C=O) groups excluding carboxylic acids is 2.